The number of methoxy groups -OCH3 is 1. The summed E-state index contributed by atoms with van der Waals surface area (Å²) in [6.07, 6.45) is 0.0925. The average Bonchev–Trinajstić information content (AvgIpc) is 3.42. The molecule has 4 atom stereocenters. The third-order valence-corrected chi connectivity index (χ3v) is 7.26. The minimum Gasteiger partial charge on any atom is -0.490 e. The van der Waals surface area contributed by atoms with E-state index in [0.29, 0.717) is 16.8 Å². The number of carbonyl (C=O) groups is 4. The van der Waals surface area contributed by atoms with Crippen LogP contribution < -0.4 is 26.0 Å². The summed E-state index contributed by atoms with van der Waals surface area (Å²) in [6, 6.07) is 8.73. The highest BCUT2D eigenvalue weighted by Crippen LogP contribution is 2.54. The standard InChI is InChI=1S/C24H23N5O7/c1-11-9-16(29(34)35)17(36-2)10-15(11)28-21(31)19-14(7-8-18(25)30)27-24(20(19)22(28)32)12-5-3-4-6-13(12)26-23(24)33/h3-6,9-10,14,19-20,27H,7-8H2,1-2H3,(H2,25,30)(H,26,33). The highest BCUT2D eigenvalue weighted by Gasteiger charge is 2.70. The van der Waals surface area contributed by atoms with Crippen molar-refractivity contribution >= 4 is 40.7 Å². The van der Waals surface area contributed by atoms with E-state index in [1.807, 2.05) is 0 Å². The summed E-state index contributed by atoms with van der Waals surface area (Å²) >= 11 is 0. The van der Waals surface area contributed by atoms with E-state index < -0.39 is 52.0 Å². The monoisotopic (exact) mass is 493 g/mol. The Labute approximate surface area is 204 Å². The number of rotatable bonds is 6. The Morgan fingerprint density at radius 1 is 1.22 bits per heavy atom. The molecule has 3 aliphatic rings. The van der Waals surface area contributed by atoms with Crippen LogP contribution in [0.2, 0.25) is 0 Å². The first-order valence-corrected chi connectivity index (χ1v) is 11.3. The highest BCUT2D eigenvalue weighted by atomic mass is 16.6. The van der Waals surface area contributed by atoms with Crippen molar-refractivity contribution in [2.45, 2.75) is 31.3 Å². The number of nitrogens with one attached hydrogen (secondary N) is 2. The van der Waals surface area contributed by atoms with Crippen molar-refractivity contribution in [2.75, 3.05) is 17.3 Å². The van der Waals surface area contributed by atoms with E-state index in [-0.39, 0.29) is 30.0 Å². The summed E-state index contributed by atoms with van der Waals surface area (Å²) < 4.78 is 5.15. The number of hydrogen-bond acceptors (Lipinski definition) is 8. The zero-order valence-corrected chi connectivity index (χ0v) is 19.4. The normalized spacial score (nSPS) is 26.2. The number of benzene rings is 2. The van der Waals surface area contributed by atoms with E-state index in [0.717, 1.165) is 4.90 Å². The molecule has 0 radical (unpaired) electrons. The molecule has 0 saturated carbocycles. The molecule has 2 aromatic carbocycles. The van der Waals surface area contributed by atoms with Gasteiger partial charge in [-0.15, -0.1) is 0 Å². The predicted octanol–water partition coefficient (Wildman–Crippen LogP) is 1.10. The van der Waals surface area contributed by atoms with Crippen LogP contribution in [0.5, 0.6) is 5.75 Å². The fourth-order valence-electron chi connectivity index (χ4n) is 5.75. The number of para-hydroxylation sites is 1. The molecular weight excluding hydrogens is 470 g/mol. The minimum atomic E-state index is -1.52. The molecule has 1 spiro atoms. The zero-order chi connectivity index (χ0) is 25.9. The highest BCUT2D eigenvalue weighted by molar-refractivity contribution is 6.26. The molecule has 4 amide bonds. The predicted molar refractivity (Wildman–Crippen MR) is 126 cm³/mol. The molecule has 5 rings (SSSR count). The van der Waals surface area contributed by atoms with Gasteiger partial charge in [0.05, 0.1) is 29.6 Å². The Kier molecular flexibility index (Phi) is 5.29. The lowest BCUT2D eigenvalue weighted by atomic mass is 9.76. The summed E-state index contributed by atoms with van der Waals surface area (Å²) in [5.74, 6) is -4.41. The van der Waals surface area contributed by atoms with Crippen molar-refractivity contribution in [1.82, 2.24) is 5.32 Å². The molecular formula is C24H23N5O7. The van der Waals surface area contributed by atoms with Gasteiger partial charge in [-0.1, -0.05) is 18.2 Å². The summed E-state index contributed by atoms with van der Waals surface area (Å²) in [7, 11) is 1.25. The fourth-order valence-corrected chi connectivity index (χ4v) is 5.75. The van der Waals surface area contributed by atoms with Crippen LogP contribution in [0, 0.1) is 28.9 Å². The third-order valence-electron chi connectivity index (χ3n) is 7.26. The molecule has 186 valence electrons. The van der Waals surface area contributed by atoms with Gasteiger partial charge in [0.2, 0.25) is 23.6 Å². The van der Waals surface area contributed by atoms with Crippen LogP contribution in [0.15, 0.2) is 36.4 Å². The van der Waals surface area contributed by atoms with Crippen LogP contribution in [0.3, 0.4) is 0 Å². The van der Waals surface area contributed by atoms with Crippen molar-refractivity contribution in [2.24, 2.45) is 17.6 Å². The van der Waals surface area contributed by atoms with Gasteiger partial charge in [-0.25, -0.2) is 4.90 Å². The van der Waals surface area contributed by atoms with E-state index >= 15 is 0 Å². The van der Waals surface area contributed by atoms with Gasteiger partial charge in [0.15, 0.2) is 5.75 Å². The lowest BCUT2D eigenvalue weighted by Crippen LogP contribution is -2.53. The number of anilines is 2. The molecule has 0 aromatic heterocycles. The molecule has 12 nitrogen and oxygen atoms in total. The molecule has 12 heteroatoms. The van der Waals surface area contributed by atoms with Gasteiger partial charge < -0.3 is 15.8 Å². The quantitative estimate of drug-likeness (QED) is 0.305. The first kappa shape index (κ1) is 23.4. The van der Waals surface area contributed by atoms with Crippen molar-refractivity contribution in [1.29, 1.82) is 0 Å². The molecule has 2 fully saturated rings. The maximum absolute atomic E-state index is 14.0. The summed E-state index contributed by atoms with van der Waals surface area (Å²) in [5, 5.41) is 17.5. The topological polar surface area (TPSA) is 174 Å². The second kappa shape index (κ2) is 8.12. The van der Waals surface area contributed by atoms with Crippen LogP contribution in [0.1, 0.15) is 24.0 Å². The number of hydrogen-bond donors (Lipinski definition) is 3. The lowest BCUT2D eigenvalue weighted by Gasteiger charge is -2.29. The number of nitro benzene ring substituents is 1. The van der Waals surface area contributed by atoms with Crippen LogP contribution in [0.4, 0.5) is 17.1 Å². The minimum absolute atomic E-state index is 0.0495. The third kappa shape index (κ3) is 3.10. The Morgan fingerprint density at radius 2 is 1.94 bits per heavy atom. The van der Waals surface area contributed by atoms with Crippen molar-refractivity contribution < 1.29 is 28.8 Å². The van der Waals surface area contributed by atoms with Crippen molar-refractivity contribution in [3.05, 3.63) is 57.6 Å². The summed E-state index contributed by atoms with van der Waals surface area (Å²) in [5.41, 5.74) is 5.03. The Balaban J connectivity index is 1.66. The number of nitrogens with two attached hydrogens (primary N) is 1. The van der Waals surface area contributed by atoms with Crippen LogP contribution in [0.25, 0.3) is 0 Å². The number of ether oxygens (including phenoxy) is 1. The first-order chi connectivity index (χ1) is 17.1. The smallest absolute Gasteiger partial charge is 0.311 e. The number of primary amides is 1. The maximum atomic E-state index is 14.0. The second-order valence-corrected chi connectivity index (χ2v) is 9.15. The van der Waals surface area contributed by atoms with Gasteiger partial charge in [0.1, 0.15) is 5.54 Å². The molecule has 3 heterocycles. The second-order valence-electron chi connectivity index (χ2n) is 9.15. The lowest BCUT2D eigenvalue weighted by molar-refractivity contribution is -0.385. The largest absolute Gasteiger partial charge is 0.490 e. The Hall–Kier alpha value is -4.32. The van der Waals surface area contributed by atoms with Crippen LogP contribution in [-0.4, -0.2) is 41.7 Å². The molecule has 0 aliphatic carbocycles. The Morgan fingerprint density at radius 3 is 2.61 bits per heavy atom. The Bertz CT molecular complexity index is 1360. The molecule has 4 unspecified atom stereocenters. The number of carbonyl (C=O) groups excluding carboxylic acids is 4. The van der Waals surface area contributed by atoms with Crippen molar-refractivity contribution in [3.63, 3.8) is 0 Å². The fraction of sp³-hybridized carbons (Fsp3) is 0.333. The van der Waals surface area contributed by atoms with Crippen LogP contribution >= 0.6 is 0 Å². The number of amides is 4. The van der Waals surface area contributed by atoms with Gasteiger partial charge in [0, 0.05) is 35.8 Å². The summed E-state index contributed by atoms with van der Waals surface area (Å²) in [6.45, 7) is 1.55. The molecule has 4 N–H and O–H groups in total. The number of nitrogens with zero attached hydrogens (tertiary/aromatic N) is 2. The summed E-state index contributed by atoms with van der Waals surface area (Å²) in [4.78, 5) is 64.6. The van der Waals surface area contributed by atoms with E-state index in [2.05, 4.69) is 10.6 Å². The zero-order valence-electron chi connectivity index (χ0n) is 19.4. The van der Waals surface area contributed by atoms with E-state index in [1.165, 1.54) is 19.2 Å². The van der Waals surface area contributed by atoms with Gasteiger partial charge in [-0.2, -0.15) is 0 Å². The number of imide groups is 1. The SMILES string of the molecule is COc1cc(N2C(=O)C3C(CCC(N)=O)NC4(C(=O)Nc5ccccc54)C3C2=O)c(C)cc1[N+](=O)[O-]. The first-order valence-electron chi connectivity index (χ1n) is 11.3. The van der Waals surface area contributed by atoms with E-state index in [9.17, 15) is 29.3 Å². The van der Waals surface area contributed by atoms with Crippen LogP contribution in [-0.2, 0) is 24.7 Å². The molecule has 36 heavy (non-hydrogen) atoms. The number of aryl methyl sites for hydroxylation is 1. The average molecular weight is 493 g/mol. The molecule has 2 saturated heterocycles. The molecule has 2 aromatic rings. The van der Waals surface area contributed by atoms with E-state index in [1.54, 1.807) is 31.2 Å². The number of fused-ring (bicyclic) bond motifs is 4. The maximum Gasteiger partial charge on any atom is 0.311 e. The van der Waals surface area contributed by atoms with Gasteiger partial charge in [-0.3, -0.25) is 34.6 Å². The molecule has 3 aliphatic heterocycles. The molecule has 0 bridgehead atoms. The van der Waals surface area contributed by atoms with Gasteiger partial charge >= 0.3 is 5.69 Å². The number of nitro groups is 1. The van der Waals surface area contributed by atoms with E-state index in [4.69, 9.17) is 10.5 Å². The van der Waals surface area contributed by atoms with Crippen molar-refractivity contribution in [3.8, 4) is 5.75 Å². The van der Waals surface area contributed by atoms with Gasteiger partial charge in [-0.05, 0) is 25.0 Å². The van der Waals surface area contributed by atoms with Gasteiger partial charge in [0.25, 0.3) is 0 Å².